The van der Waals surface area contributed by atoms with Crippen LogP contribution >= 0.6 is 0 Å². The molecule has 54 valence electrons. The number of ether oxygens (including phenoxy) is 1. The molecule has 1 N–H and O–H groups in total. The molecule has 0 aromatic heterocycles. The van der Waals surface area contributed by atoms with Gasteiger partial charge in [-0.05, 0) is 0 Å². The zero-order valence-corrected chi connectivity index (χ0v) is 5.94. The minimum absolute atomic E-state index is 0.267. The Kier molecular flexibility index (Phi) is 2.05. The summed E-state index contributed by atoms with van der Waals surface area (Å²) in [7, 11) is 1.77. The molecular formula is C6H13NO2. The van der Waals surface area contributed by atoms with Gasteiger partial charge in [0, 0.05) is 12.5 Å². The molecule has 0 radical (unpaired) electrons. The molecule has 1 rings (SSSR count). The lowest BCUT2D eigenvalue weighted by atomic mass is 9.90. The Morgan fingerprint density at radius 2 is 2.33 bits per heavy atom. The zero-order valence-electron chi connectivity index (χ0n) is 5.94. The Hall–Kier alpha value is -0.120. The second-order valence-corrected chi connectivity index (χ2v) is 2.80. The van der Waals surface area contributed by atoms with Crippen molar-refractivity contribution in [3.8, 4) is 0 Å². The van der Waals surface area contributed by atoms with Gasteiger partial charge in [-0.25, -0.2) is 5.48 Å². The van der Waals surface area contributed by atoms with Crippen molar-refractivity contribution in [1.82, 2.24) is 5.48 Å². The lowest BCUT2D eigenvalue weighted by molar-refractivity contribution is -0.150. The number of nitrogens with one attached hydrogen (secondary N) is 1. The van der Waals surface area contributed by atoms with E-state index in [1.807, 2.05) is 0 Å². The van der Waals surface area contributed by atoms with Gasteiger partial charge < -0.3 is 9.57 Å². The normalized spacial score (nSPS) is 23.3. The van der Waals surface area contributed by atoms with Gasteiger partial charge in [-0.15, -0.1) is 0 Å². The van der Waals surface area contributed by atoms with Crippen molar-refractivity contribution in [3.05, 3.63) is 0 Å². The summed E-state index contributed by atoms with van der Waals surface area (Å²) in [5.74, 6) is 0. The molecule has 1 saturated heterocycles. The standard InChI is InChI=1S/C6H13NO2/c1-6(3-8-4-6)5-9-7-2/h7H,3-5H2,1-2H3. The quantitative estimate of drug-likeness (QED) is 0.554. The fraction of sp³-hybridized carbons (Fsp3) is 1.00. The minimum Gasteiger partial charge on any atom is -0.380 e. The molecule has 1 fully saturated rings. The Labute approximate surface area is 55.3 Å². The third-order valence-electron chi connectivity index (χ3n) is 1.47. The summed E-state index contributed by atoms with van der Waals surface area (Å²) in [4.78, 5) is 5.01. The summed E-state index contributed by atoms with van der Waals surface area (Å²) in [6.07, 6.45) is 0. The van der Waals surface area contributed by atoms with Crippen LogP contribution in [0.4, 0.5) is 0 Å². The molecule has 9 heavy (non-hydrogen) atoms. The smallest absolute Gasteiger partial charge is 0.0779 e. The molecule has 0 aromatic carbocycles. The van der Waals surface area contributed by atoms with Crippen LogP contribution in [0.1, 0.15) is 6.92 Å². The van der Waals surface area contributed by atoms with Gasteiger partial charge in [-0.1, -0.05) is 6.92 Å². The van der Waals surface area contributed by atoms with Gasteiger partial charge in [-0.3, -0.25) is 0 Å². The maximum atomic E-state index is 5.03. The maximum absolute atomic E-state index is 5.03. The van der Waals surface area contributed by atoms with Crippen LogP contribution in [0.25, 0.3) is 0 Å². The van der Waals surface area contributed by atoms with Crippen molar-refractivity contribution < 1.29 is 9.57 Å². The number of hydroxylamine groups is 1. The third-order valence-corrected chi connectivity index (χ3v) is 1.47. The van der Waals surface area contributed by atoms with E-state index >= 15 is 0 Å². The summed E-state index contributed by atoms with van der Waals surface area (Å²) in [5.41, 5.74) is 2.90. The molecule has 0 atom stereocenters. The lowest BCUT2D eigenvalue weighted by Gasteiger charge is -2.37. The van der Waals surface area contributed by atoms with Crippen LogP contribution in [0.15, 0.2) is 0 Å². The molecule has 0 saturated carbocycles. The summed E-state index contributed by atoms with van der Waals surface area (Å²) in [6, 6.07) is 0. The molecule has 0 bridgehead atoms. The molecule has 0 amide bonds. The predicted molar refractivity (Wildman–Crippen MR) is 33.9 cm³/mol. The van der Waals surface area contributed by atoms with E-state index in [-0.39, 0.29) is 5.41 Å². The molecule has 1 aliphatic rings. The summed E-state index contributed by atoms with van der Waals surface area (Å²) < 4.78 is 5.03. The first-order chi connectivity index (χ1) is 4.27. The lowest BCUT2D eigenvalue weighted by Crippen LogP contribution is -2.44. The van der Waals surface area contributed by atoms with Gasteiger partial charge in [0.2, 0.25) is 0 Å². The number of hydrogen-bond acceptors (Lipinski definition) is 3. The molecule has 0 aromatic rings. The molecule has 0 unspecified atom stereocenters. The Bertz CT molecular complexity index is 91.1. The fourth-order valence-electron chi connectivity index (χ4n) is 0.780. The highest BCUT2D eigenvalue weighted by atomic mass is 16.6. The van der Waals surface area contributed by atoms with Crippen LogP contribution in [0.3, 0.4) is 0 Å². The van der Waals surface area contributed by atoms with Crippen LogP contribution in [0.5, 0.6) is 0 Å². The van der Waals surface area contributed by atoms with E-state index in [1.54, 1.807) is 7.05 Å². The molecule has 1 aliphatic heterocycles. The van der Waals surface area contributed by atoms with E-state index in [1.165, 1.54) is 0 Å². The highest BCUT2D eigenvalue weighted by molar-refractivity contribution is 4.79. The number of hydrogen-bond donors (Lipinski definition) is 1. The molecular weight excluding hydrogens is 118 g/mol. The highest BCUT2D eigenvalue weighted by Gasteiger charge is 2.33. The zero-order chi connectivity index (χ0) is 6.74. The van der Waals surface area contributed by atoms with E-state index in [0.717, 1.165) is 19.8 Å². The SMILES string of the molecule is CNOCC1(C)COC1. The Morgan fingerprint density at radius 1 is 1.67 bits per heavy atom. The van der Waals surface area contributed by atoms with Gasteiger partial charge in [0.05, 0.1) is 19.8 Å². The first-order valence-corrected chi connectivity index (χ1v) is 3.13. The molecule has 0 spiro atoms. The van der Waals surface area contributed by atoms with E-state index < -0.39 is 0 Å². The topological polar surface area (TPSA) is 30.5 Å². The molecule has 0 aliphatic carbocycles. The summed E-state index contributed by atoms with van der Waals surface area (Å²) in [6.45, 7) is 4.54. The largest absolute Gasteiger partial charge is 0.380 e. The van der Waals surface area contributed by atoms with Gasteiger partial charge in [-0.2, -0.15) is 0 Å². The minimum atomic E-state index is 0.267. The van der Waals surface area contributed by atoms with Crippen molar-refractivity contribution in [3.63, 3.8) is 0 Å². The predicted octanol–water partition coefficient (Wildman–Crippen LogP) is 0.174. The fourth-order valence-corrected chi connectivity index (χ4v) is 0.780. The van der Waals surface area contributed by atoms with Crippen LogP contribution in [0, 0.1) is 5.41 Å². The average Bonchev–Trinajstić information content (AvgIpc) is 1.79. The molecule has 3 heteroatoms. The summed E-state index contributed by atoms with van der Waals surface area (Å²) in [5, 5.41) is 0. The van der Waals surface area contributed by atoms with Crippen molar-refractivity contribution in [1.29, 1.82) is 0 Å². The van der Waals surface area contributed by atoms with Crippen molar-refractivity contribution in [2.45, 2.75) is 6.92 Å². The highest BCUT2D eigenvalue weighted by Crippen LogP contribution is 2.25. The van der Waals surface area contributed by atoms with Gasteiger partial charge in [0.1, 0.15) is 0 Å². The van der Waals surface area contributed by atoms with Crippen molar-refractivity contribution >= 4 is 0 Å². The van der Waals surface area contributed by atoms with Crippen molar-refractivity contribution in [2.24, 2.45) is 5.41 Å². The van der Waals surface area contributed by atoms with Crippen LogP contribution in [0.2, 0.25) is 0 Å². The Balaban J connectivity index is 2.09. The first kappa shape index (κ1) is 6.99. The number of rotatable bonds is 3. The van der Waals surface area contributed by atoms with Gasteiger partial charge in [0.25, 0.3) is 0 Å². The van der Waals surface area contributed by atoms with Crippen LogP contribution in [-0.2, 0) is 9.57 Å². The van der Waals surface area contributed by atoms with E-state index in [2.05, 4.69) is 12.4 Å². The second-order valence-electron chi connectivity index (χ2n) is 2.80. The second kappa shape index (κ2) is 2.64. The summed E-state index contributed by atoms with van der Waals surface area (Å²) >= 11 is 0. The van der Waals surface area contributed by atoms with Gasteiger partial charge in [0.15, 0.2) is 0 Å². The van der Waals surface area contributed by atoms with Crippen molar-refractivity contribution in [2.75, 3.05) is 26.9 Å². The van der Waals surface area contributed by atoms with Crippen LogP contribution < -0.4 is 5.48 Å². The van der Waals surface area contributed by atoms with Crippen LogP contribution in [-0.4, -0.2) is 26.9 Å². The van der Waals surface area contributed by atoms with Gasteiger partial charge >= 0.3 is 0 Å². The third kappa shape index (κ3) is 1.64. The average molecular weight is 131 g/mol. The monoisotopic (exact) mass is 131 g/mol. The molecule has 3 nitrogen and oxygen atoms in total. The Morgan fingerprint density at radius 3 is 2.67 bits per heavy atom. The van der Waals surface area contributed by atoms with E-state index in [0.29, 0.717) is 0 Å². The van der Waals surface area contributed by atoms with E-state index in [9.17, 15) is 0 Å². The molecule has 1 heterocycles. The first-order valence-electron chi connectivity index (χ1n) is 3.13. The van der Waals surface area contributed by atoms with E-state index in [4.69, 9.17) is 9.57 Å². The maximum Gasteiger partial charge on any atom is 0.0779 e.